The molecule has 1 fully saturated rings. The number of hydrogen-bond donors (Lipinski definition) is 1. The zero-order chi connectivity index (χ0) is 25.3. The van der Waals surface area contributed by atoms with E-state index in [0.717, 1.165) is 6.42 Å². The van der Waals surface area contributed by atoms with E-state index in [1.54, 1.807) is 60.8 Å². The van der Waals surface area contributed by atoms with Crippen molar-refractivity contribution in [3.63, 3.8) is 0 Å². The minimum Gasteiger partial charge on any atom is -0.375 e. The van der Waals surface area contributed by atoms with E-state index in [1.165, 1.54) is 16.8 Å². The Labute approximate surface area is 205 Å². The molecule has 9 nitrogen and oxygen atoms in total. The number of aromatic nitrogens is 2. The molecule has 1 aliphatic heterocycles. The zero-order valence-electron chi connectivity index (χ0n) is 20.3. The second-order valence-electron chi connectivity index (χ2n) is 8.67. The molecule has 2 aromatic carbocycles. The van der Waals surface area contributed by atoms with Crippen LogP contribution in [-0.4, -0.2) is 54.4 Å². The van der Waals surface area contributed by atoms with Crippen LogP contribution >= 0.6 is 0 Å². The maximum atomic E-state index is 13.3. The van der Waals surface area contributed by atoms with Crippen LogP contribution < -0.4 is 10.3 Å². The van der Waals surface area contributed by atoms with E-state index in [4.69, 9.17) is 4.74 Å². The van der Waals surface area contributed by atoms with Crippen LogP contribution in [0.2, 0.25) is 0 Å². The lowest BCUT2D eigenvalue weighted by Crippen LogP contribution is -2.45. The average molecular weight is 499 g/mol. The van der Waals surface area contributed by atoms with Gasteiger partial charge >= 0.3 is 0 Å². The molecule has 0 aliphatic carbocycles. The number of aryl methyl sites for hydroxylation is 1. The molecule has 35 heavy (non-hydrogen) atoms. The number of carbonyl (C=O) groups excluding carboxylic acids is 1. The molecule has 1 aliphatic rings. The summed E-state index contributed by atoms with van der Waals surface area (Å²) in [5, 5.41) is 0. The van der Waals surface area contributed by atoms with E-state index < -0.39 is 15.6 Å². The van der Waals surface area contributed by atoms with Gasteiger partial charge in [-0.05, 0) is 50.1 Å². The van der Waals surface area contributed by atoms with Gasteiger partial charge in [0.2, 0.25) is 0 Å². The molecule has 0 radical (unpaired) electrons. The number of carbonyl (C=O) groups is 1. The first-order valence-corrected chi connectivity index (χ1v) is 13.0. The monoisotopic (exact) mass is 498 g/mol. The maximum Gasteiger partial charge on any atom is 0.296 e. The summed E-state index contributed by atoms with van der Waals surface area (Å²) in [4.78, 5) is 28.0. The first kappa shape index (κ1) is 24.7. The van der Waals surface area contributed by atoms with Crippen molar-refractivity contribution in [3.8, 4) is 5.69 Å². The second kappa shape index (κ2) is 9.71. The van der Waals surface area contributed by atoms with Gasteiger partial charge in [-0.3, -0.25) is 19.0 Å². The molecule has 1 unspecified atom stereocenters. The van der Waals surface area contributed by atoms with Crippen LogP contribution in [0.15, 0.2) is 58.2 Å². The highest BCUT2D eigenvalue weighted by atomic mass is 32.2. The van der Waals surface area contributed by atoms with Crippen LogP contribution in [-0.2, 0) is 21.8 Å². The predicted molar refractivity (Wildman–Crippen MR) is 134 cm³/mol. The first-order valence-electron chi connectivity index (χ1n) is 11.5. The van der Waals surface area contributed by atoms with Gasteiger partial charge in [0.25, 0.3) is 21.5 Å². The zero-order valence-corrected chi connectivity index (χ0v) is 21.1. The van der Waals surface area contributed by atoms with Crippen LogP contribution in [0.1, 0.15) is 35.0 Å². The third kappa shape index (κ3) is 4.76. The summed E-state index contributed by atoms with van der Waals surface area (Å²) < 4.78 is 37.7. The van der Waals surface area contributed by atoms with Crippen LogP contribution in [0.3, 0.4) is 0 Å². The highest BCUT2D eigenvalue weighted by molar-refractivity contribution is 7.92. The molecule has 1 atom stereocenters. The first-order chi connectivity index (χ1) is 16.6. The SMILES string of the molecule is CCC1CN(C(=O)c2cc(S(=O)(=O)Nc3c(C)n(C)n(-c4ccccc4)c3=O)ccc2C)CCO1. The summed E-state index contributed by atoms with van der Waals surface area (Å²) >= 11 is 0. The van der Waals surface area contributed by atoms with Crippen molar-refractivity contribution in [1.29, 1.82) is 0 Å². The second-order valence-corrected chi connectivity index (χ2v) is 10.4. The van der Waals surface area contributed by atoms with E-state index in [2.05, 4.69) is 4.72 Å². The van der Waals surface area contributed by atoms with Crippen molar-refractivity contribution in [3.05, 3.63) is 75.7 Å². The number of para-hydroxylation sites is 1. The Hall–Kier alpha value is -3.37. The molecule has 0 bridgehead atoms. The fraction of sp³-hybridized carbons (Fsp3) is 0.360. The molecule has 1 amide bonds. The lowest BCUT2D eigenvalue weighted by molar-refractivity contribution is -0.0226. The van der Waals surface area contributed by atoms with Gasteiger partial charge in [0, 0.05) is 25.7 Å². The fourth-order valence-corrected chi connectivity index (χ4v) is 5.34. The van der Waals surface area contributed by atoms with Gasteiger partial charge in [-0.25, -0.2) is 13.1 Å². The minimum atomic E-state index is -4.13. The standard InChI is InChI=1S/C25H30N4O5S/c1-5-20-16-28(13-14-34-20)24(30)22-15-21(12-11-17(22)2)35(32,33)26-23-18(3)27(4)29(25(23)31)19-9-7-6-8-10-19/h6-12,15,20,26H,5,13-14,16H2,1-4H3. The number of ether oxygens (including phenoxy) is 1. The highest BCUT2D eigenvalue weighted by Gasteiger charge is 2.27. The van der Waals surface area contributed by atoms with Crippen LogP contribution in [0.4, 0.5) is 5.69 Å². The molecular weight excluding hydrogens is 468 g/mol. The summed E-state index contributed by atoms with van der Waals surface area (Å²) in [5.41, 5.74) is 1.55. The van der Waals surface area contributed by atoms with Crippen LogP contribution in [0.5, 0.6) is 0 Å². The van der Waals surface area contributed by atoms with E-state index >= 15 is 0 Å². The van der Waals surface area contributed by atoms with Gasteiger partial charge in [0.15, 0.2) is 0 Å². The number of hydrogen-bond acceptors (Lipinski definition) is 5. The molecule has 1 aromatic heterocycles. The summed E-state index contributed by atoms with van der Waals surface area (Å²) in [7, 11) is -2.44. The van der Waals surface area contributed by atoms with Crippen molar-refractivity contribution in [2.45, 2.75) is 38.2 Å². The Bertz CT molecular complexity index is 1410. The van der Waals surface area contributed by atoms with Gasteiger partial charge in [-0.1, -0.05) is 31.2 Å². The lowest BCUT2D eigenvalue weighted by Gasteiger charge is -2.33. The number of rotatable bonds is 6. The summed E-state index contributed by atoms with van der Waals surface area (Å²) in [6.45, 7) is 6.81. The number of anilines is 1. The van der Waals surface area contributed by atoms with Crippen molar-refractivity contribution in [1.82, 2.24) is 14.3 Å². The van der Waals surface area contributed by atoms with Crippen molar-refractivity contribution in [2.75, 3.05) is 24.4 Å². The molecule has 2 heterocycles. The average Bonchev–Trinajstić information content (AvgIpc) is 3.07. The molecule has 10 heteroatoms. The van der Waals surface area contributed by atoms with E-state index in [0.29, 0.717) is 42.2 Å². The molecule has 0 spiro atoms. The summed E-state index contributed by atoms with van der Waals surface area (Å²) in [6, 6.07) is 13.4. The number of morpholine rings is 1. The van der Waals surface area contributed by atoms with E-state index in [9.17, 15) is 18.0 Å². The number of nitrogens with zero attached hydrogens (tertiary/aromatic N) is 3. The Morgan fingerprint density at radius 2 is 1.86 bits per heavy atom. The van der Waals surface area contributed by atoms with Gasteiger partial charge in [-0.2, -0.15) is 0 Å². The number of nitrogens with one attached hydrogen (secondary N) is 1. The molecule has 186 valence electrons. The predicted octanol–water partition coefficient (Wildman–Crippen LogP) is 2.84. The van der Waals surface area contributed by atoms with E-state index in [1.807, 2.05) is 13.0 Å². The quantitative estimate of drug-likeness (QED) is 0.563. The van der Waals surface area contributed by atoms with Crippen molar-refractivity contribution < 1.29 is 17.9 Å². The van der Waals surface area contributed by atoms with E-state index in [-0.39, 0.29) is 22.6 Å². The third-order valence-electron chi connectivity index (χ3n) is 6.42. The maximum absolute atomic E-state index is 13.3. The van der Waals surface area contributed by atoms with Gasteiger partial charge in [0.1, 0.15) is 5.69 Å². The lowest BCUT2D eigenvalue weighted by atomic mass is 10.1. The molecule has 4 rings (SSSR count). The van der Waals surface area contributed by atoms with Crippen LogP contribution in [0.25, 0.3) is 5.69 Å². The molecule has 0 saturated carbocycles. The minimum absolute atomic E-state index is 0.0329. The van der Waals surface area contributed by atoms with Gasteiger partial charge < -0.3 is 9.64 Å². The normalized spacial score (nSPS) is 16.3. The summed E-state index contributed by atoms with van der Waals surface area (Å²) in [5.74, 6) is -0.233. The smallest absolute Gasteiger partial charge is 0.296 e. The molecule has 3 aromatic rings. The Morgan fingerprint density at radius 3 is 2.54 bits per heavy atom. The Morgan fingerprint density at radius 1 is 1.14 bits per heavy atom. The topological polar surface area (TPSA) is 103 Å². The third-order valence-corrected chi connectivity index (χ3v) is 7.77. The van der Waals surface area contributed by atoms with Crippen molar-refractivity contribution in [2.24, 2.45) is 7.05 Å². The molecule has 1 N–H and O–H groups in total. The van der Waals surface area contributed by atoms with Gasteiger partial charge in [-0.15, -0.1) is 0 Å². The summed E-state index contributed by atoms with van der Waals surface area (Å²) in [6.07, 6.45) is 0.757. The largest absolute Gasteiger partial charge is 0.375 e. The highest BCUT2D eigenvalue weighted by Crippen LogP contribution is 2.23. The van der Waals surface area contributed by atoms with Gasteiger partial charge in [0.05, 0.1) is 29.0 Å². The number of amides is 1. The molecular formula is C25H30N4O5S. The fourth-order valence-electron chi connectivity index (χ4n) is 4.20. The van der Waals surface area contributed by atoms with Crippen LogP contribution in [0, 0.1) is 13.8 Å². The molecule has 1 saturated heterocycles. The van der Waals surface area contributed by atoms with Crippen molar-refractivity contribution >= 4 is 21.6 Å². The Kier molecular flexibility index (Phi) is 6.86. The number of sulfonamides is 1. The Balaban J connectivity index is 1.67. The number of benzene rings is 2.